The molecule has 4 heteroatoms. The standard InChI is InChI=1S/C32H45NO3/c1-21-5-10-28-22(17-21)12-16-33(28)19-29(34)27-9-8-25-24-7-6-23-18-32(35,20-36-4)15-14-30(23,2)26(24)11-13-31(25,27)3/h5,10,12,16-17,23-27,35H,6-9,11,13-15,18-20H2,1-4H3/t23-,24-,25-,26-,27+,30-,31-,32+/m0/s1. The average Bonchev–Trinajstić information content (AvgIpc) is 3.39. The summed E-state index contributed by atoms with van der Waals surface area (Å²) in [6.45, 7) is 8.10. The number of hydrogen-bond acceptors (Lipinski definition) is 3. The molecule has 4 aliphatic carbocycles. The van der Waals surface area contributed by atoms with Crippen LogP contribution in [-0.2, 0) is 16.1 Å². The van der Waals surface area contributed by atoms with Gasteiger partial charge >= 0.3 is 0 Å². The fourth-order valence-corrected chi connectivity index (χ4v) is 9.99. The fraction of sp³-hybridized carbons (Fsp3) is 0.719. The molecule has 0 bridgehead atoms. The number of carbonyl (C=O) groups excluding carboxylic acids is 1. The number of aliphatic hydroxyl groups is 1. The predicted molar refractivity (Wildman–Crippen MR) is 144 cm³/mol. The van der Waals surface area contributed by atoms with E-state index in [0.717, 1.165) is 37.5 Å². The van der Waals surface area contributed by atoms with Crippen molar-refractivity contribution in [3.8, 4) is 0 Å². The van der Waals surface area contributed by atoms with Crippen LogP contribution in [0.2, 0.25) is 0 Å². The molecular formula is C32H45NO3. The minimum absolute atomic E-state index is 0.145. The van der Waals surface area contributed by atoms with Crippen molar-refractivity contribution in [2.24, 2.45) is 40.4 Å². The highest BCUT2D eigenvalue weighted by Crippen LogP contribution is 2.68. The smallest absolute Gasteiger partial charge is 0.156 e. The van der Waals surface area contributed by atoms with E-state index in [1.165, 1.54) is 48.6 Å². The van der Waals surface area contributed by atoms with E-state index in [9.17, 15) is 9.90 Å². The average molecular weight is 492 g/mol. The largest absolute Gasteiger partial charge is 0.387 e. The normalized spacial score (nSPS) is 42.1. The Kier molecular flexibility index (Phi) is 5.96. The van der Waals surface area contributed by atoms with Crippen LogP contribution in [0.5, 0.6) is 0 Å². The lowest BCUT2D eigenvalue weighted by molar-refractivity contribution is -0.164. The summed E-state index contributed by atoms with van der Waals surface area (Å²) in [5.41, 5.74) is 2.27. The highest BCUT2D eigenvalue weighted by Gasteiger charge is 2.62. The number of carbonyl (C=O) groups is 1. The first-order valence-corrected chi connectivity index (χ1v) is 14.5. The van der Waals surface area contributed by atoms with E-state index in [0.29, 0.717) is 36.2 Å². The number of rotatable bonds is 5. The minimum Gasteiger partial charge on any atom is -0.387 e. The van der Waals surface area contributed by atoms with Crippen molar-refractivity contribution in [2.45, 2.75) is 90.7 Å². The van der Waals surface area contributed by atoms with Crippen LogP contribution in [0.25, 0.3) is 10.9 Å². The van der Waals surface area contributed by atoms with Crippen molar-refractivity contribution in [1.29, 1.82) is 0 Å². The van der Waals surface area contributed by atoms with Crippen molar-refractivity contribution < 1.29 is 14.6 Å². The van der Waals surface area contributed by atoms with Crippen LogP contribution < -0.4 is 0 Å². The van der Waals surface area contributed by atoms with Crippen molar-refractivity contribution in [3.05, 3.63) is 36.0 Å². The van der Waals surface area contributed by atoms with E-state index in [4.69, 9.17) is 4.74 Å². The second-order valence-electron chi connectivity index (χ2n) is 13.7. The van der Waals surface area contributed by atoms with Gasteiger partial charge in [-0.15, -0.1) is 0 Å². The molecule has 0 amide bonds. The molecule has 196 valence electrons. The Balaban J connectivity index is 1.19. The van der Waals surface area contributed by atoms with Crippen LogP contribution in [0.3, 0.4) is 0 Å². The van der Waals surface area contributed by atoms with Gasteiger partial charge in [-0.25, -0.2) is 0 Å². The van der Waals surface area contributed by atoms with Crippen LogP contribution in [0.4, 0.5) is 0 Å². The summed E-state index contributed by atoms with van der Waals surface area (Å²) in [7, 11) is 1.71. The molecule has 1 aromatic heterocycles. The van der Waals surface area contributed by atoms with Crippen LogP contribution in [0.15, 0.2) is 30.5 Å². The third-order valence-electron chi connectivity index (χ3n) is 11.9. The first kappa shape index (κ1) is 24.7. The first-order valence-electron chi connectivity index (χ1n) is 14.5. The Morgan fingerprint density at radius 2 is 1.83 bits per heavy atom. The third kappa shape index (κ3) is 3.73. The lowest BCUT2D eigenvalue weighted by atomic mass is 9.44. The molecule has 4 aliphatic rings. The Bertz CT molecular complexity index is 1150. The van der Waals surface area contributed by atoms with E-state index in [1.54, 1.807) is 7.11 Å². The van der Waals surface area contributed by atoms with E-state index >= 15 is 0 Å². The summed E-state index contributed by atoms with van der Waals surface area (Å²) in [5.74, 6) is 3.39. The molecule has 8 atom stereocenters. The second-order valence-corrected chi connectivity index (χ2v) is 13.7. The maximum atomic E-state index is 13.8. The Morgan fingerprint density at radius 1 is 1.03 bits per heavy atom. The third-order valence-corrected chi connectivity index (χ3v) is 11.9. The van der Waals surface area contributed by atoms with Crippen LogP contribution in [0, 0.1) is 47.3 Å². The molecule has 4 nitrogen and oxygen atoms in total. The second kappa shape index (κ2) is 8.70. The lowest BCUT2D eigenvalue weighted by Crippen LogP contribution is -2.56. The van der Waals surface area contributed by atoms with Gasteiger partial charge in [-0.3, -0.25) is 4.79 Å². The summed E-state index contributed by atoms with van der Waals surface area (Å²) in [6.07, 6.45) is 12.2. The van der Waals surface area contributed by atoms with Gasteiger partial charge < -0.3 is 14.4 Å². The number of nitrogens with zero attached hydrogens (tertiary/aromatic N) is 1. The van der Waals surface area contributed by atoms with E-state index < -0.39 is 5.60 Å². The maximum Gasteiger partial charge on any atom is 0.156 e. The molecule has 0 aliphatic heterocycles. The number of fused-ring (bicyclic) bond motifs is 6. The summed E-state index contributed by atoms with van der Waals surface area (Å²) in [5, 5.41) is 12.4. The molecule has 0 unspecified atom stereocenters. The number of ether oxygens (including phenoxy) is 1. The van der Waals surface area contributed by atoms with Gasteiger partial charge in [0, 0.05) is 24.7 Å². The first-order chi connectivity index (χ1) is 17.2. The van der Waals surface area contributed by atoms with Gasteiger partial charge in [0.25, 0.3) is 0 Å². The SMILES string of the molecule is COC[C@@]1(O)CC[C@@]2(C)[C@@H](CC[C@@H]3[C@@H]2CC[C@]2(C)[C@@H](C(=O)Cn4ccc5cc(C)ccc54)CC[C@@H]32)C1. The quantitative estimate of drug-likeness (QED) is 0.516. The zero-order valence-corrected chi connectivity index (χ0v) is 22.8. The van der Waals surface area contributed by atoms with Gasteiger partial charge in [-0.1, -0.05) is 25.5 Å². The van der Waals surface area contributed by atoms with Gasteiger partial charge in [0.1, 0.15) is 0 Å². The topological polar surface area (TPSA) is 51.5 Å². The molecule has 1 N–H and O–H groups in total. The van der Waals surface area contributed by atoms with Gasteiger partial charge in [0.05, 0.1) is 18.8 Å². The zero-order chi connectivity index (χ0) is 25.3. The number of aromatic nitrogens is 1. The van der Waals surface area contributed by atoms with Crippen LogP contribution >= 0.6 is 0 Å². The van der Waals surface area contributed by atoms with Crippen molar-refractivity contribution in [2.75, 3.05) is 13.7 Å². The van der Waals surface area contributed by atoms with Crippen molar-refractivity contribution in [3.63, 3.8) is 0 Å². The van der Waals surface area contributed by atoms with Crippen LogP contribution in [0.1, 0.15) is 77.2 Å². The fourth-order valence-electron chi connectivity index (χ4n) is 9.99. The van der Waals surface area contributed by atoms with Gasteiger partial charge in [0.2, 0.25) is 0 Å². The number of ketones is 1. The molecule has 0 spiro atoms. The molecule has 2 aromatic rings. The van der Waals surface area contributed by atoms with Gasteiger partial charge in [-0.2, -0.15) is 0 Å². The van der Waals surface area contributed by atoms with E-state index in [2.05, 4.69) is 55.8 Å². The van der Waals surface area contributed by atoms with Crippen LogP contribution in [-0.4, -0.2) is 34.8 Å². The Labute approximate surface area is 216 Å². The summed E-state index contributed by atoms with van der Waals surface area (Å²) in [4.78, 5) is 13.8. The maximum absolute atomic E-state index is 13.8. The monoisotopic (exact) mass is 491 g/mol. The predicted octanol–water partition coefficient (Wildman–Crippen LogP) is 6.56. The van der Waals surface area contributed by atoms with E-state index in [-0.39, 0.29) is 11.3 Å². The molecule has 36 heavy (non-hydrogen) atoms. The zero-order valence-electron chi connectivity index (χ0n) is 22.8. The number of aryl methyl sites for hydroxylation is 1. The highest BCUT2D eigenvalue weighted by molar-refractivity contribution is 5.86. The van der Waals surface area contributed by atoms with Crippen molar-refractivity contribution in [1.82, 2.24) is 4.57 Å². The number of methoxy groups -OCH3 is 1. The number of Topliss-reactive ketones (excluding diaryl/α,β-unsaturated/α-hetero) is 1. The van der Waals surface area contributed by atoms with Gasteiger partial charge in [0.15, 0.2) is 5.78 Å². The van der Waals surface area contributed by atoms with Crippen molar-refractivity contribution >= 4 is 16.7 Å². The molecule has 4 saturated carbocycles. The highest BCUT2D eigenvalue weighted by atomic mass is 16.5. The Hall–Kier alpha value is -1.65. The van der Waals surface area contributed by atoms with Gasteiger partial charge in [-0.05, 0) is 123 Å². The molecule has 4 fully saturated rings. The lowest BCUT2D eigenvalue weighted by Gasteiger charge is -2.62. The Morgan fingerprint density at radius 3 is 2.64 bits per heavy atom. The summed E-state index contributed by atoms with van der Waals surface area (Å²) in [6, 6.07) is 8.68. The number of hydrogen-bond donors (Lipinski definition) is 1. The molecule has 0 radical (unpaired) electrons. The molecule has 6 rings (SSSR count). The molecule has 0 saturated heterocycles. The summed E-state index contributed by atoms with van der Waals surface area (Å²) < 4.78 is 7.57. The number of benzene rings is 1. The molecular weight excluding hydrogens is 446 g/mol. The molecule has 1 heterocycles. The van der Waals surface area contributed by atoms with E-state index in [1.807, 2.05) is 0 Å². The summed E-state index contributed by atoms with van der Waals surface area (Å²) >= 11 is 0. The minimum atomic E-state index is -0.638. The molecule has 1 aromatic carbocycles.